The van der Waals surface area contributed by atoms with Crippen LogP contribution in [0.25, 0.3) is 17.2 Å². The Bertz CT molecular complexity index is 1050. The molecule has 0 radical (unpaired) electrons. The molecule has 0 unspecified atom stereocenters. The van der Waals surface area contributed by atoms with Gasteiger partial charge in [-0.3, -0.25) is 4.79 Å². The van der Waals surface area contributed by atoms with E-state index < -0.39 is 0 Å². The van der Waals surface area contributed by atoms with Gasteiger partial charge in [0.25, 0.3) is 5.78 Å². The van der Waals surface area contributed by atoms with Crippen LogP contribution in [0.4, 0.5) is 0 Å². The summed E-state index contributed by atoms with van der Waals surface area (Å²) >= 11 is 0. The van der Waals surface area contributed by atoms with Crippen LogP contribution in [0, 0.1) is 20.8 Å². The number of nitrogens with zero attached hydrogens (tertiary/aromatic N) is 5. The molecule has 4 rings (SSSR count). The third-order valence-corrected chi connectivity index (χ3v) is 6.07. The number of carbonyl (C=O) groups excluding carboxylic acids is 1. The summed E-state index contributed by atoms with van der Waals surface area (Å²) in [5.74, 6) is 1.44. The van der Waals surface area contributed by atoms with Crippen LogP contribution in [-0.2, 0) is 11.2 Å². The molecule has 1 atom stereocenters. The molecule has 3 heterocycles. The van der Waals surface area contributed by atoms with Gasteiger partial charge in [-0.1, -0.05) is 30.7 Å². The Kier molecular flexibility index (Phi) is 5.35. The predicted molar refractivity (Wildman–Crippen MR) is 114 cm³/mol. The number of benzene rings is 1. The highest BCUT2D eigenvalue weighted by Crippen LogP contribution is 2.23. The molecule has 0 spiro atoms. The second kappa shape index (κ2) is 7.93. The zero-order valence-corrected chi connectivity index (χ0v) is 17.8. The maximum absolute atomic E-state index is 13.1. The van der Waals surface area contributed by atoms with Crippen molar-refractivity contribution < 1.29 is 4.79 Å². The van der Waals surface area contributed by atoms with E-state index in [2.05, 4.69) is 40.8 Å². The van der Waals surface area contributed by atoms with Crippen molar-refractivity contribution in [3.63, 3.8) is 0 Å². The summed E-state index contributed by atoms with van der Waals surface area (Å²) in [6, 6.07) is 8.52. The fourth-order valence-electron chi connectivity index (χ4n) is 4.38. The van der Waals surface area contributed by atoms with Gasteiger partial charge in [-0.15, -0.1) is 5.10 Å². The number of carbonyl (C=O) groups is 1. The summed E-state index contributed by atoms with van der Waals surface area (Å²) in [7, 11) is 0. The lowest BCUT2D eigenvalue weighted by atomic mass is 9.98. The standard InChI is InChI=1S/C23H29N5O/c1-5-19-11-6-7-12-27(19)21(29)14-20-16(3)24-23-25-22(26-28(23)17(20)4)18-10-8-9-15(2)13-18/h8-10,13,19H,5-7,11-12,14H2,1-4H3/t19-/m0/s1. The van der Waals surface area contributed by atoms with Gasteiger partial charge < -0.3 is 4.90 Å². The average Bonchev–Trinajstić information content (AvgIpc) is 3.15. The van der Waals surface area contributed by atoms with Gasteiger partial charge in [0, 0.05) is 35.1 Å². The number of piperidine rings is 1. The number of hydrogen-bond donors (Lipinski definition) is 0. The Balaban J connectivity index is 1.67. The summed E-state index contributed by atoms with van der Waals surface area (Å²) in [6.07, 6.45) is 4.82. The first-order chi connectivity index (χ1) is 14.0. The first-order valence-electron chi connectivity index (χ1n) is 10.6. The highest BCUT2D eigenvalue weighted by Gasteiger charge is 2.26. The minimum atomic E-state index is 0.197. The van der Waals surface area contributed by atoms with Gasteiger partial charge in [0.2, 0.25) is 5.91 Å². The maximum atomic E-state index is 13.1. The van der Waals surface area contributed by atoms with E-state index in [9.17, 15) is 4.79 Å². The second-order valence-corrected chi connectivity index (χ2v) is 8.10. The van der Waals surface area contributed by atoms with Crippen molar-refractivity contribution in [3.8, 4) is 11.4 Å². The third-order valence-electron chi connectivity index (χ3n) is 6.07. The molecule has 0 aliphatic carbocycles. The molecule has 1 saturated heterocycles. The molecule has 6 nitrogen and oxygen atoms in total. The molecule has 152 valence electrons. The van der Waals surface area contributed by atoms with Gasteiger partial charge in [0.15, 0.2) is 5.82 Å². The van der Waals surface area contributed by atoms with Crippen LogP contribution in [0.3, 0.4) is 0 Å². The molecule has 3 aromatic rings. The zero-order valence-electron chi connectivity index (χ0n) is 17.8. The van der Waals surface area contributed by atoms with E-state index in [-0.39, 0.29) is 5.91 Å². The van der Waals surface area contributed by atoms with Gasteiger partial charge in [-0.25, -0.2) is 9.50 Å². The molecule has 6 heteroatoms. The monoisotopic (exact) mass is 391 g/mol. The SMILES string of the molecule is CC[C@H]1CCCCN1C(=O)Cc1c(C)nc2nc(-c3cccc(C)c3)nn2c1C. The van der Waals surface area contributed by atoms with Crippen LogP contribution in [0.1, 0.15) is 55.1 Å². The fourth-order valence-corrected chi connectivity index (χ4v) is 4.38. The van der Waals surface area contributed by atoms with E-state index in [1.807, 2.05) is 26.0 Å². The van der Waals surface area contributed by atoms with E-state index in [0.717, 1.165) is 48.3 Å². The lowest BCUT2D eigenvalue weighted by Crippen LogP contribution is -2.44. The van der Waals surface area contributed by atoms with Gasteiger partial charge >= 0.3 is 0 Å². The molecule has 0 bridgehead atoms. The highest BCUT2D eigenvalue weighted by atomic mass is 16.2. The zero-order chi connectivity index (χ0) is 20.5. The van der Waals surface area contributed by atoms with Crippen LogP contribution >= 0.6 is 0 Å². The minimum absolute atomic E-state index is 0.197. The first kappa shape index (κ1) is 19.6. The quantitative estimate of drug-likeness (QED) is 0.673. The molecule has 1 fully saturated rings. The number of aromatic nitrogens is 4. The minimum Gasteiger partial charge on any atom is -0.339 e. The molecule has 0 saturated carbocycles. The van der Waals surface area contributed by atoms with E-state index in [1.165, 1.54) is 12.0 Å². The van der Waals surface area contributed by atoms with Crippen molar-refractivity contribution in [1.29, 1.82) is 0 Å². The maximum Gasteiger partial charge on any atom is 0.253 e. The van der Waals surface area contributed by atoms with E-state index >= 15 is 0 Å². The summed E-state index contributed by atoms with van der Waals surface area (Å²) in [5, 5.41) is 4.69. The fraction of sp³-hybridized carbons (Fsp3) is 0.478. The Labute approximate surface area is 172 Å². The number of rotatable bonds is 4. The lowest BCUT2D eigenvalue weighted by molar-refractivity contribution is -0.134. The van der Waals surface area contributed by atoms with Gasteiger partial charge in [-0.05, 0) is 52.5 Å². The summed E-state index contributed by atoms with van der Waals surface area (Å²) in [5.41, 5.74) is 4.90. The normalized spacial score (nSPS) is 17.1. The first-order valence-corrected chi connectivity index (χ1v) is 10.6. The third kappa shape index (κ3) is 3.76. The van der Waals surface area contributed by atoms with Crippen molar-refractivity contribution in [2.24, 2.45) is 0 Å². The van der Waals surface area contributed by atoms with Crippen molar-refractivity contribution in [2.45, 2.75) is 65.8 Å². The summed E-state index contributed by atoms with van der Waals surface area (Å²) < 4.78 is 1.78. The number of fused-ring (bicyclic) bond motifs is 1. The van der Waals surface area contributed by atoms with Crippen LogP contribution in [0.2, 0.25) is 0 Å². The smallest absolute Gasteiger partial charge is 0.253 e. The lowest BCUT2D eigenvalue weighted by Gasteiger charge is -2.35. The molecule has 1 amide bonds. The van der Waals surface area contributed by atoms with Crippen molar-refractivity contribution >= 4 is 11.7 Å². The van der Waals surface area contributed by atoms with Crippen LogP contribution in [0.15, 0.2) is 24.3 Å². The molecule has 1 aliphatic heterocycles. The van der Waals surface area contributed by atoms with Crippen molar-refractivity contribution in [2.75, 3.05) is 6.54 Å². The average molecular weight is 392 g/mol. The Morgan fingerprint density at radius 2 is 2.00 bits per heavy atom. The molecular weight excluding hydrogens is 362 g/mol. The molecule has 29 heavy (non-hydrogen) atoms. The van der Waals surface area contributed by atoms with Crippen molar-refractivity contribution in [1.82, 2.24) is 24.5 Å². The Morgan fingerprint density at radius 3 is 2.76 bits per heavy atom. The van der Waals surface area contributed by atoms with E-state index in [1.54, 1.807) is 4.52 Å². The molecule has 2 aromatic heterocycles. The predicted octanol–water partition coefficient (Wildman–Crippen LogP) is 4.05. The summed E-state index contributed by atoms with van der Waals surface area (Å²) in [6.45, 7) is 9.06. The molecule has 1 aromatic carbocycles. The van der Waals surface area contributed by atoms with E-state index in [4.69, 9.17) is 5.10 Å². The van der Waals surface area contributed by atoms with Gasteiger partial charge in [0.05, 0.1) is 6.42 Å². The van der Waals surface area contributed by atoms with Gasteiger partial charge in [-0.2, -0.15) is 4.98 Å². The number of likely N-dealkylation sites (tertiary alicyclic amines) is 1. The molecule has 0 N–H and O–H groups in total. The number of hydrogen-bond acceptors (Lipinski definition) is 4. The van der Waals surface area contributed by atoms with Gasteiger partial charge in [0.1, 0.15) is 0 Å². The largest absolute Gasteiger partial charge is 0.339 e. The van der Waals surface area contributed by atoms with Crippen LogP contribution in [0.5, 0.6) is 0 Å². The second-order valence-electron chi connectivity index (χ2n) is 8.10. The Morgan fingerprint density at radius 1 is 1.17 bits per heavy atom. The molecular formula is C23H29N5O. The van der Waals surface area contributed by atoms with Crippen molar-refractivity contribution in [3.05, 3.63) is 46.8 Å². The van der Waals surface area contributed by atoms with E-state index in [0.29, 0.717) is 24.1 Å². The summed E-state index contributed by atoms with van der Waals surface area (Å²) in [4.78, 5) is 24.5. The molecule has 1 aliphatic rings. The number of amides is 1. The van der Waals surface area contributed by atoms with Crippen LogP contribution < -0.4 is 0 Å². The number of aryl methyl sites for hydroxylation is 3. The highest BCUT2D eigenvalue weighted by molar-refractivity contribution is 5.80. The topological polar surface area (TPSA) is 63.4 Å². The van der Waals surface area contributed by atoms with Crippen LogP contribution in [-0.4, -0.2) is 43.0 Å². The Hall–Kier alpha value is -2.76.